The molecule has 1 heterocycles. The molecule has 0 aromatic heterocycles. The molecule has 16 heavy (non-hydrogen) atoms. The summed E-state index contributed by atoms with van der Waals surface area (Å²) in [4.78, 5) is 0. The van der Waals surface area contributed by atoms with Gasteiger partial charge in [-0.25, -0.2) is 8.42 Å². The number of nitriles is 1. The zero-order chi connectivity index (χ0) is 12.2. The predicted molar refractivity (Wildman–Crippen MR) is 63.2 cm³/mol. The third-order valence-electron chi connectivity index (χ3n) is 2.91. The molecule has 4 nitrogen and oxygen atoms in total. The Balaban J connectivity index is 2.69. The van der Waals surface area contributed by atoms with Gasteiger partial charge in [0, 0.05) is 6.54 Å². The Morgan fingerprint density at radius 3 is 2.69 bits per heavy atom. The molecule has 0 amide bonds. The Hall–Kier alpha value is -0.600. The van der Waals surface area contributed by atoms with Crippen molar-refractivity contribution in [1.29, 1.82) is 5.26 Å². The van der Waals surface area contributed by atoms with E-state index >= 15 is 0 Å². The van der Waals surface area contributed by atoms with Gasteiger partial charge in [0.05, 0.1) is 11.8 Å². The highest BCUT2D eigenvalue weighted by atomic mass is 32.2. The van der Waals surface area contributed by atoms with Gasteiger partial charge in [-0.2, -0.15) is 9.57 Å². The van der Waals surface area contributed by atoms with Gasteiger partial charge in [-0.1, -0.05) is 13.8 Å². The molecule has 0 aromatic rings. The van der Waals surface area contributed by atoms with E-state index in [4.69, 9.17) is 5.26 Å². The normalized spacial score (nSPS) is 23.2. The minimum absolute atomic E-state index is 0.169. The molecule has 0 spiro atoms. The minimum Gasteiger partial charge on any atom is -0.212 e. The van der Waals surface area contributed by atoms with Crippen LogP contribution in [-0.4, -0.2) is 31.1 Å². The van der Waals surface area contributed by atoms with E-state index in [1.165, 1.54) is 4.31 Å². The monoisotopic (exact) mass is 244 g/mol. The molecule has 0 N–H and O–H groups in total. The number of sulfonamides is 1. The molecule has 1 fully saturated rings. The molecule has 1 atom stereocenters. The van der Waals surface area contributed by atoms with E-state index in [0.717, 1.165) is 12.8 Å². The lowest BCUT2D eigenvalue weighted by atomic mass is 10.1. The molecular formula is C11H20N2O2S. The van der Waals surface area contributed by atoms with Crippen LogP contribution in [0.2, 0.25) is 0 Å². The first-order valence-corrected chi connectivity index (χ1v) is 7.47. The molecule has 5 heteroatoms. The second-order valence-electron chi connectivity index (χ2n) is 4.75. The van der Waals surface area contributed by atoms with Crippen molar-refractivity contribution in [1.82, 2.24) is 4.31 Å². The standard InChI is InChI=1S/C11H20N2O2S/c1-10(2)6-8-16(14,15)13-7-4-3-5-11(13)9-12/h10-11H,3-8H2,1-2H3. The summed E-state index contributed by atoms with van der Waals surface area (Å²) < 4.78 is 25.5. The Morgan fingerprint density at radius 1 is 1.44 bits per heavy atom. The molecule has 92 valence electrons. The Bertz CT molecular complexity index is 357. The zero-order valence-electron chi connectivity index (χ0n) is 10.0. The van der Waals surface area contributed by atoms with Crippen LogP contribution < -0.4 is 0 Å². The highest BCUT2D eigenvalue weighted by molar-refractivity contribution is 7.89. The van der Waals surface area contributed by atoms with Crippen molar-refractivity contribution in [2.75, 3.05) is 12.3 Å². The molecular weight excluding hydrogens is 224 g/mol. The Labute approximate surface area is 98.3 Å². The molecule has 1 saturated heterocycles. The first kappa shape index (κ1) is 13.5. The van der Waals surface area contributed by atoms with Gasteiger partial charge in [0.25, 0.3) is 0 Å². The van der Waals surface area contributed by atoms with Crippen molar-refractivity contribution in [2.45, 2.75) is 45.6 Å². The Kier molecular flexibility index (Phi) is 4.75. The fourth-order valence-corrected chi connectivity index (χ4v) is 3.82. The van der Waals surface area contributed by atoms with Gasteiger partial charge in [-0.3, -0.25) is 0 Å². The van der Waals surface area contributed by atoms with Crippen LogP contribution in [0.1, 0.15) is 39.5 Å². The van der Waals surface area contributed by atoms with Crippen LogP contribution in [0.15, 0.2) is 0 Å². The van der Waals surface area contributed by atoms with Crippen molar-refractivity contribution in [2.24, 2.45) is 5.92 Å². The van der Waals surface area contributed by atoms with Crippen molar-refractivity contribution >= 4 is 10.0 Å². The minimum atomic E-state index is -3.23. The van der Waals surface area contributed by atoms with Crippen LogP contribution in [0.4, 0.5) is 0 Å². The molecule has 1 rings (SSSR count). The SMILES string of the molecule is CC(C)CCS(=O)(=O)N1CCCCC1C#N. The third-order valence-corrected chi connectivity index (χ3v) is 4.82. The number of nitrogens with zero attached hydrogens (tertiary/aromatic N) is 2. The van der Waals surface area contributed by atoms with Crippen LogP contribution in [0.3, 0.4) is 0 Å². The second-order valence-corrected chi connectivity index (χ2v) is 6.79. The molecule has 0 aromatic carbocycles. The van der Waals surface area contributed by atoms with Gasteiger partial charge in [0.2, 0.25) is 10.0 Å². The molecule has 0 bridgehead atoms. The molecule has 1 unspecified atom stereocenters. The topological polar surface area (TPSA) is 61.2 Å². The summed E-state index contributed by atoms with van der Waals surface area (Å²) in [5, 5.41) is 8.95. The summed E-state index contributed by atoms with van der Waals surface area (Å²) in [5.41, 5.74) is 0. The number of rotatable bonds is 4. The quantitative estimate of drug-likeness (QED) is 0.756. The van der Waals surface area contributed by atoms with Crippen molar-refractivity contribution < 1.29 is 8.42 Å². The van der Waals surface area contributed by atoms with Gasteiger partial charge >= 0.3 is 0 Å². The van der Waals surface area contributed by atoms with E-state index < -0.39 is 16.1 Å². The van der Waals surface area contributed by atoms with Gasteiger partial charge in [0.1, 0.15) is 6.04 Å². The van der Waals surface area contributed by atoms with E-state index in [1.54, 1.807) is 0 Å². The largest absolute Gasteiger partial charge is 0.215 e. The molecule has 1 aliphatic rings. The average molecular weight is 244 g/mol. The van der Waals surface area contributed by atoms with Crippen LogP contribution in [0.5, 0.6) is 0 Å². The van der Waals surface area contributed by atoms with E-state index in [1.807, 2.05) is 13.8 Å². The van der Waals surface area contributed by atoms with E-state index in [9.17, 15) is 8.42 Å². The average Bonchev–Trinajstić information content (AvgIpc) is 2.26. The lowest BCUT2D eigenvalue weighted by molar-refractivity contribution is 0.296. The van der Waals surface area contributed by atoms with Gasteiger partial charge in [-0.05, 0) is 31.6 Å². The van der Waals surface area contributed by atoms with Crippen LogP contribution in [0, 0.1) is 17.2 Å². The third kappa shape index (κ3) is 3.46. The van der Waals surface area contributed by atoms with Crippen molar-refractivity contribution in [3.8, 4) is 6.07 Å². The first-order valence-electron chi connectivity index (χ1n) is 5.86. The molecule has 1 aliphatic heterocycles. The zero-order valence-corrected chi connectivity index (χ0v) is 10.8. The maximum absolute atomic E-state index is 12.0. The summed E-state index contributed by atoms with van der Waals surface area (Å²) in [5.74, 6) is 0.545. The lowest BCUT2D eigenvalue weighted by Crippen LogP contribution is -2.44. The van der Waals surface area contributed by atoms with E-state index in [-0.39, 0.29) is 5.75 Å². The summed E-state index contributed by atoms with van der Waals surface area (Å²) in [7, 11) is -3.23. The Morgan fingerprint density at radius 2 is 2.12 bits per heavy atom. The summed E-state index contributed by atoms with van der Waals surface area (Å²) >= 11 is 0. The number of hydrogen-bond acceptors (Lipinski definition) is 3. The fraction of sp³-hybridized carbons (Fsp3) is 0.909. The maximum atomic E-state index is 12.0. The second kappa shape index (κ2) is 5.65. The molecule has 0 radical (unpaired) electrons. The van der Waals surface area contributed by atoms with E-state index in [2.05, 4.69) is 6.07 Å². The summed E-state index contributed by atoms with van der Waals surface area (Å²) in [6.07, 6.45) is 3.17. The highest BCUT2D eigenvalue weighted by Crippen LogP contribution is 2.21. The van der Waals surface area contributed by atoms with Gasteiger partial charge < -0.3 is 0 Å². The van der Waals surface area contributed by atoms with Crippen molar-refractivity contribution in [3.05, 3.63) is 0 Å². The van der Waals surface area contributed by atoms with Crippen LogP contribution in [-0.2, 0) is 10.0 Å². The van der Waals surface area contributed by atoms with Crippen LogP contribution in [0.25, 0.3) is 0 Å². The highest BCUT2D eigenvalue weighted by Gasteiger charge is 2.31. The van der Waals surface area contributed by atoms with Crippen molar-refractivity contribution in [3.63, 3.8) is 0 Å². The summed E-state index contributed by atoms with van der Waals surface area (Å²) in [6.45, 7) is 4.53. The number of piperidine rings is 1. The summed E-state index contributed by atoms with van der Waals surface area (Å²) in [6, 6.07) is 1.66. The predicted octanol–water partition coefficient (Wildman–Crippen LogP) is 1.74. The number of hydrogen-bond donors (Lipinski definition) is 0. The smallest absolute Gasteiger partial charge is 0.212 e. The first-order chi connectivity index (χ1) is 7.47. The van der Waals surface area contributed by atoms with Gasteiger partial charge in [-0.15, -0.1) is 0 Å². The maximum Gasteiger partial charge on any atom is 0.215 e. The fourth-order valence-electron chi connectivity index (χ4n) is 1.87. The van der Waals surface area contributed by atoms with E-state index in [0.29, 0.717) is 25.3 Å². The molecule has 0 saturated carbocycles. The molecule has 0 aliphatic carbocycles. The van der Waals surface area contributed by atoms with Gasteiger partial charge in [0.15, 0.2) is 0 Å². The van der Waals surface area contributed by atoms with Crippen LogP contribution >= 0.6 is 0 Å². The lowest BCUT2D eigenvalue weighted by Gasteiger charge is -2.30.